The molecule has 2 aliphatic rings. The summed E-state index contributed by atoms with van der Waals surface area (Å²) in [5, 5.41) is 15.7. The lowest BCUT2D eigenvalue weighted by Crippen LogP contribution is -2.45. The predicted molar refractivity (Wildman–Crippen MR) is 173 cm³/mol. The van der Waals surface area contributed by atoms with Crippen molar-refractivity contribution < 1.29 is 14.7 Å². The summed E-state index contributed by atoms with van der Waals surface area (Å²) in [6, 6.07) is 9.86. The van der Waals surface area contributed by atoms with Crippen LogP contribution >= 0.6 is 0 Å². The first-order valence-corrected chi connectivity index (χ1v) is 15.1. The quantitative estimate of drug-likeness (QED) is 0.129. The molecule has 0 aromatic heterocycles. The summed E-state index contributed by atoms with van der Waals surface area (Å²) in [7, 11) is 0. The number of unbranched alkanes of at least 4 members (excludes halogenated alkanes) is 1. The van der Waals surface area contributed by atoms with E-state index in [-0.39, 0.29) is 29.8 Å². The Balaban J connectivity index is 1.69. The Morgan fingerprint density at radius 2 is 1.95 bits per heavy atom. The highest BCUT2D eigenvalue weighted by molar-refractivity contribution is 6.48. The van der Waals surface area contributed by atoms with Crippen LogP contribution in [0.2, 0.25) is 0 Å². The number of aliphatic carboxylic acids is 1. The van der Waals surface area contributed by atoms with E-state index in [1.54, 1.807) is 6.08 Å². The SMILES string of the molecule is C=C/C=C\C1=C(C)C(=O)NCC1(CC)CCNC/C=C/C1N=C(CCCCC(=O)O)C(c2ccccc2)=NC1/C=C\C. The number of amides is 1. The van der Waals surface area contributed by atoms with Crippen molar-refractivity contribution in [2.75, 3.05) is 19.6 Å². The van der Waals surface area contributed by atoms with Gasteiger partial charge in [-0.3, -0.25) is 19.6 Å². The van der Waals surface area contributed by atoms with Gasteiger partial charge in [-0.05, 0) is 58.1 Å². The Kier molecular flexibility index (Phi) is 12.9. The molecule has 0 bridgehead atoms. The molecule has 3 N–H and O–H groups in total. The van der Waals surface area contributed by atoms with Crippen molar-refractivity contribution in [2.24, 2.45) is 15.4 Å². The normalized spacial score (nSPS) is 23.0. The molecule has 0 aliphatic carbocycles. The zero-order valence-corrected chi connectivity index (χ0v) is 25.3. The van der Waals surface area contributed by atoms with E-state index in [9.17, 15) is 9.59 Å². The maximum atomic E-state index is 12.3. The molecule has 3 unspecified atom stereocenters. The van der Waals surface area contributed by atoms with Gasteiger partial charge in [0.1, 0.15) is 0 Å². The van der Waals surface area contributed by atoms with Gasteiger partial charge >= 0.3 is 5.97 Å². The van der Waals surface area contributed by atoms with Gasteiger partial charge in [0.15, 0.2) is 0 Å². The molecule has 0 fully saturated rings. The Labute approximate surface area is 251 Å². The van der Waals surface area contributed by atoms with E-state index in [0.29, 0.717) is 25.9 Å². The molecule has 1 aromatic carbocycles. The second-order valence-electron chi connectivity index (χ2n) is 10.9. The minimum absolute atomic E-state index is 0.00161. The Morgan fingerprint density at radius 1 is 1.19 bits per heavy atom. The van der Waals surface area contributed by atoms with E-state index < -0.39 is 5.97 Å². The van der Waals surface area contributed by atoms with Crippen molar-refractivity contribution in [1.29, 1.82) is 0 Å². The fourth-order valence-corrected chi connectivity index (χ4v) is 5.62. The van der Waals surface area contributed by atoms with Crippen LogP contribution in [0.1, 0.15) is 64.9 Å². The minimum Gasteiger partial charge on any atom is -0.481 e. The number of carboxylic acids is 1. The standard InChI is InChI=1S/C35H46N4O3/c1-5-8-18-28-26(4)34(42)37-25-35(28,7-3)22-24-36-23-14-20-30-29(15-6-2)39-33(27-16-10-9-11-17-27)31(38-30)19-12-13-21-32(40)41/h5-6,8-11,14-18,20,29-30,36H,1,7,12-13,19,21-25H2,2-4H3,(H,37,42)(H,40,41)/b15-6-,18-8-,20-14+. The smallest absolute Gasteiger partial charge is 0.303 e. The van der Waals surface area contributed by atoms with Crippen molar-refractivity contribution in [3.63, 3.8) is 0 Å². The summed E-state index contributed by atoms with van der Waals surface area (Å²) >= 11 is 0. The molecule has 2 heterocycles. The lowest BCUT2D eigenvalue weighted by atomic mass is 9.71. The van der Waals surface area contributed by atoms with Crippen LogP contribution in [0.15, 0.2) is 101 Å². The molecule has 42 heavy (non-hydrogen) atoms. The largest absolute Gasteiger partial charge is 0.481 e. The number of allylic oxidation sites excluding steroid dienone is 4. The third-order valence-corrected chi connectivity index (χ3v) is 8.05. The fraction of sp³-hybridized carbons (Fsp3) is 0.429. The Morgan fingerprint density at radius 3 is 2.64 bits per heavy atom. The maximum absolute atomic E-state index is 12.3. The Bertz CT molecular complexity index is 1270. The van der Waals surface area contributed by atoms with Gasteiger partial charge in [0, 0.05) is 36.1 Å². The number of benzene rings is 1. The summed E-state index contributed by atoms with van der Waals surface area (Å²) in [5.41, 5.74) is 4.62. The first-order chi connectivity index (χ1) is 20.3. The third kappa shape index (κ3) is 8.83. The highest BCUT2D eigenvalue weighted by atomic mass is 16.4. The molecule has 2 aliphatic heterocycles. The van der Waals surface area contributed by atoms with Gasteiger partial charge in [0.2, 0.25) is 5.91 Å². The highest BCUT2D eigenvalue weighted by Crippen LogP contribution is 2.39. The van der Waals surface area contributed by atoms with Gasteiger partial charge in [-0.2, -0.15) is 0 Å². The average Bonchev–Trinajstić information content (AvgIpc) is 2.99. The maximum Gasteiger partial charge on any atom is 0.303 e. The number of nitrogens with zero attached hydrogens (tertiary/aromatic N) is 2. The molecular weight excluding hydrogens is 524 g/mol. The van der Waals surface area contributed by atoms with Gasteiger partial charge < -0.3 is 15.7 Å². The van der Waals surface area contributed by atoms with E-state index in [1.165, 1.54) is 0 Å². The van der Waals surface area contributed by atoms with Gasteiger partial charge in [-0.25, -0.2) is 0 Å². The molecule has 1 amide bonds. The molecule has 224 valence electrons. The first kappa shape index (κ1) is 32.7. The third-order valence-electron chi connectivity index (χ3n) is 8.05. The van der Waals surface area contributed by atoms with Crippen LogP contribution < -0.4 is 10.6 Å². The summed E-state index contributed by atoms with van der Waals surface area (Å²) in [5.74, 6) is -0.769. The second-order valence-corrected chi connectivity index (χ2v) is 10.9. The summed E-state index contributed by atoms with van der Waals surface area (Å²) in [6.07, 6.45) is 18.1. The number of carbonyl (C=O) groups is 2. The van der Waals surface area contributed by atoms with E-state index in [4.69, 9.17) is 15.1 Å². The number of nitrogens with one attached hydrogen (secondary N) is 2. The molecule has 3 atom stereocenters. The summed E-state index contributed by atoms with van der Waals surface area (Å²) in [4.78, 5) is 33.6. The molecule has 1 aromatic rings. The van der Waals surface area contributed by atoms with Crippen LogP contribution in [0.3, 0.4) is 0 Å². The van der Waals surface area contributed by atoms with E-state index in [1.807, 2.05) is 50.3 Å². The molecule has 0 saturated carbocycles. The molecule has 7 nitrogen and oxygen atoms in total. The Hall–Kier alpha value is -3.84. The van der Waals surface area contributed by atoms with Gasteiger partial charge in [-0.15, -0.1) is 0 Å². The van der Waals surface area contributed by atoms with Crippen molar-refractivity contribution in [2.45, 2.75) is 71.4 Å². The number of carboxylic acid groups (broad SMARTS) is 1. The van der Waals surface area contributed by atoms with Gasteiger partial charge in [0.05, 0.1) is 23.5 Å². The number of hydrogen-bond donors (Lipinski definition) is 3. The van der Waals surface area contributed by atoms with Crippen LogP contribution in [0, 0.1) is 5.41 Å². The van der Waals surface area contributed by atoms with Crippen LogP contribution in [-0.2, 0) is 9.59 Å². The summed E-state index contributed by atoms with van der Waals surface area (Å²) in [6.45, 7) is 12.0. The van der Waals surface area contributed by atoms with E-state index in [2.05, 4.69) is 54.5 Å². The van der Waals surface area contributed by atoms with Crippen LogP contribution in [-0.4, -0.2) is 60.1 Å². The molecular formula is C35H46N4O3. The fourth-order valence-electron chi connectivity index (χ4n) is 5.62. The zero-order chi connectivity index (χ0) is 30.4. The van der Waals surface area contributed by atoms with Crippen LogP contribution in [0.25, 0.3) is 0 Å². The number of hydrogen-bond acceptors (Lipinski definition) is 5. The average molecular weight is 571 g/mol. The van der Waals surface area contributed by atoms with Crippen molar-refractivity contribution >= 4 is 23.3 Å². The van der Waals surface area contributed by atoms with Gasteiger partial charge in [-0.1, -0.05) is 86.4 Å². The lowest BCUT2D eigenvalue weighted by Gasteiger charge is -2.39. The minimum atomic E-state index is -0.771. The van der Waals surface area contributed by atoms with Crippen molar-refractivity contribution in [3.05, 3.63) is 96.2 Å². The summed E-state index contributed by atoms with van der Waals surface area (Å²) < 4.78 is 0. The molecule has 0 radical (unpaired) electrons. The number of aliphatic imine (C=N–C) groups is 2. The zero-order valence-electron chi connectivity index (χ0n) is 25.3. The first-order valence-electron chi connectivity index (χ1n) is 15.1. The molecule has 7 heteroatoms. The topological polar surface area (TPSA) is 103 Å². The van der Waals surface area contributed by atoms with Crippen LogP contribution in [0.5, 0.6) is 0 Å². The predicted octanol–water partition coefficient (Wildman–Crippen LogP) is 6.01. The second kappa shape index (κ2) is 16.6. The molecule has 3 rings (SSSR count). The number of rotatable bonds is 16. The van der Waals surface area contributed by atoms with Crippen molar-refractivity contribution in [1.82, 2.24) is 10.6 Å². The molecule has 0 spiro atoms. The van der Waals surface area contributed by atoms with Crippen LogP contribution in [0.4, 0.5) is 0 Å². The molecule has 0 saturated heterocycles. The number of carbonyl (C=O) groups excluding carboxylic acids is 1. The highest BCUT2D eigenvalue weighted by Gasteiger charge is 2.37. The monoisotopic (exact) mass is 570 g/mol. The van der Waals surface area contributed by atoms with E-state index in [0.717, 1.165) is 53.9 Å². The van der Waals surface area contributed by atoms with E-state index >= 15 is 0 Å². The van der Waals surface area contributed by atoms with Gasteiger partial charge in [0.25, 0.3) is 0 Å². The van der Waals surface area contributed by atoms with Crippen molar-refractivity contribution in [3.8, 4) is 0 Å². The lowest BCUT2D eigenvalue weighted by molar-refractivity contribution is -0.137.